The van der Waals surface area contributed by atoms with E-state index in [0.29, 0.717) is 13.1 Å². The summed E-state index contributed by atoms with van der Waals surface area (Å²) in [7, 11) is 0. The lowest BCUT2D eigenvalue weighted by Gasteiger charge is -2.27. The molecule has 2 N–H and O–H groups in total. The van der Waals surface area contributed by atoms with Crippen molar-refractivity contribution >= 4 is 6.09 Å². The SMILES string of the molecule is CC1CN(C(=O)O)Cc2c[nH]nc21. The number of hydrogen-bond donors (Lipinski definition) is 2. The molecular formula is C8H11N3O2. The quantitative estimate of drug-likeness (QED) is 0.627. The first kappa shape index (κ1) is 8.10. The molecule has 1 amide bonds. The van der Waals surface area contributed by atoms with Gasteiger partial charge in [0.2, 0.25) is 0 Å². The number of rotatable bonds is 0. The molecule has 1 aromatic rings. The summed E-state index contributed by atoms with van der Waals surface area (Å²) in [4.78, 5) is 12.1. The van der Waals surface area contributed by atoms with E-state index in [-0.39, 0.29) is 5.92 Å². The van der Waals surface area contributed by atoms with Gasteiger partial charge in [-0.1, -0.05) is 6.92 Å². The highest BCUT2D eigenvalue weighted by Gasteiger charge is 2.26. The Labute approximate surface area is 75.4 Å². The molecule has 0 aromatic carbocycles. The largest absolute Gasteiger partial charge is 0.465 e. The van der Waals surface area contributed by atoms with Crippen LogP contribution in [0.25, 0.3) is 0 Å². The Morgan fingerprint density at radius 1 is 1.85 bits per heavy atom. The van der Waals surface area contributed by atoms with E-state index in [1.54, 1.807) is 6.20 Å². The highest BCUT2D eigenvalue weighted by atomic mass is 16.4. The molecule has 13 heavy (non-hydrogen) atoms. The number of H-pyrrole nitrogens is 1. The van der Waals surface area contributed by atoms with E-state index in [1.807, 2.05) is 6.92 Å². The smallest absolute Gasteiger partial charge is 0.407 e. The Kier molecular flexibility index (Phi) is 1.72. The molecule has 5 heteroatoms. The normalized spacial score (nSPS) is 21.3. The molecule has 1 aromatic heterocycles. The zero-order chi connectivity index (χ0) is 9.42. The maximum Gasteiger partial charge on any atom is 0.407 e. The maximum absolute atomic E-state index is 10.7. The van der Waals surface area contributed by atoms with E-state index in [9.17, 15) is 4.79 Å². The van der Waals surface area contributed by atoms with Gasteiger partial charge >= 0.3 is 6.09 Å². The fourth-order valence-electron chi connectivity index (χ4n) is 1.71. The van der Waals surface area contributed by atoms with Gasteiger partial charge in [0.15, 0.2) is 0 Å². The lowest BCUT2D eigenvalue weighted by molar-refractivity contribution is 0.135. The monoisotopic (exact) mass is 181 g/mol. The first-order valence-corrected chi connectivity index (χ1v) is 4.19. The van der Waals surface area contributed by atoms with E-state index in [4.69, 9.17) is 5.11 Å². The van der Waals surface area contributed by atoms with Gasteiger partial charge < -0.3 is 10.0 Å². The van der Waals surface area contributed by atoms with E-state index in [1.165, 1.54) is 4.90 Å². The Morgan fingerprint density at radius 2 is 2.62 bits per heavy atom. The molecule has 2 heterocycles. The van der Waals surface area contributed by atoms with Crippen molar-refractivity contribution in [2.24, 2.45) is 0 Å². The molecule has 0 saturated heterocycles. The minimum atomic E-state index is -0.862. The van der Waals surface area contributed by atoms with Gasteiger partial charge in [0, 0.05) is 24.2 Å². The zero-order valence-corrected chi connectivity index (χ0v) is 7.32. The molecule has 5 nitrogen and oxygen atoms in total. The van der Waals surface area contributed by atoms with Crippen LogP contribution >= 0.6 is 0 Å². The molecule has 0 radical (unpaired) electrons. The number of hydrogen-bond acceptors (Lipinski definition) is 2. The van der Waals surface area contributed by atoms with Crippen molar-refractivity contribution in [3.8, 4) is 0 Å². The molecule has 0 fully saturated rings. The van der Waals surface area contributed by atoms with E-state index in [0.717, 1.165) is 11.3 Å². The van der Waals surface area contributed by atoms with Gasteiger partial charge in [-0.05, 0) is 0 Å². The molecule has 0 saturated carbocycles. The second-order valence-electron chi connectivity index (χ2n) is 3.36. The minimum absolute atomic E-state index is 0.186. The van der Waals surface area contributed by atoms with Crippen LogP contribution in [0.1, 0.15) is 24.1 Å². The van der Waals surface area contributed by atoms with E-state index in [2.05, 4.69) is 10.2 Å². The Morgan fingerprint density at radius 3 is 3.31 bits per heavy atom. The maximum atomic E-state index is 10.7. The summed E-state index contributed by atoms with van der Waals surface area (Å²) in [6.07, 6.45) is 0.902. The van der Waals surface area contributed by atoms with Crippen molar-refractivity contribution < 1.29 is 9.90 Å². The third-order valence-electron chi connectivity index (χ3n) is 2.35. The van der Waals surface area contributed by atoms with Crippen LogP contribution in [0.2, 0.25) is 0 Å². The van der Waals surface area contributed by atoms with E-state index < -0.39 is 6.09 Å². The number of aromatic amines is 1. The van der Waals surface area contributed by atoms with Gasteiger partial charge in [-0.25, -0.2) is 4.79 Å². The average molecular weight is 181 g/mol. The summed E-state index contributed by atoms with van der Waals surface area (Å²) in [5.41, 5.74) is 1.98. The third kappa shape index (κ3) is 1.26. The molecule has 0 bridgehead atoms. The van der Waals surface area contributed by atoms with Crippen LogP contribution in [0.4, 0.5) is 4.79 Å². The molecule has 0 spiro atoms. The van der Waals surface area contributed by atoms with E-state index >= 15 is 0 Å². The van der Waals surface area contributed by atoms with Crippen LogP contribution in [0.15, 0.2) is 6.20 Å². The number of nitrogens with one attached hydrogen (secondary N) is 1. The number of aromatic nitrogens is 2. The molecule has 70 valence electrons. The Hall–Kier alpha value is -1.52. The molecule has 1 aliphatic heterocycles. The number of amides is 1. The summed E-state index contributed by atoms with van der Waals surface area (Å²) in [6, 6.07) is 0. The predicted molar refractivity (Wildman–Crippen MR) is 45.4 cm³/mol. The Bertz CT molecular complexity index is 334. The molecule has 2 rings (SSSR count). The van der Waals surface area contributed by atoms with Gasteiger partial charge in [0.1, 0.15) is 0 Å². The Balaban J connectivity index is 2.28. The zero-order valence-electron chi connectivity index (χ0n) is 7.32. The molecule has 1 unspecified atom stereocenters. The topological polar surface area (TPSA) is 69.2 Å². The highest BCUT2D eigenvalue weighted by Crippen LogP contribution is 2.25. The van der Waals surface area contributed by atoms with Gasteiger partial charge in [-0.2, -0.15) is 5.10 Å². The summed E-state index contributed by atoms with van der Waals surface area (Å²) in [6.45, 7) is 2.97. The lowest BCUT2D eigenvalue weighted by Crippen LogP contribution is -2.36. The van der Waals surface area contributed by atoms with Crippen molar-refractivity contribution in [3.05, 3.63) is 17.5 Å². The molecule has 1 atom stereocenters. The van der Waals surface area contributed by atoms with Crippen LogP contribution in [-0.4, -0.2) is 32.8 Å². The highest BCUT2D eigenvalue weighted by molar-refractivity contribution is 5.65. The minimum Gasteiger partial charge on any atom is -0.465 e. The van der Waals surface area contributed by atoms with Crippen LogP contribution in [0.3, 0.4) is 0 Å². The standard InChI is InChI=1S/C8H11N3O2/c1-5-3-11(8(12)13)4-6-2-9-10-7(5)6/h2,5H,3-4H2,1H3,(H,9,10)(H,12,13). The predicted octanol–water partition coefficient (Wildman–Crippen LogP) is 1.01. The van der Waals surface area contributed by atoms with Gasteiger partial charge in [0.25, 0.3) is 0 Å². The number of carbonyl (C=O) groups is 1. The van der Waals surface area contributed by atoms with Crippen molar-refractivity contribution in [3.63, 3.8) is 0 Å². The lowest BCUT2D eigenvalue weighted by atomic mass is 9.99. The van der Waals surface area contributed by atoms with Gasteiger partial charge in [0.05, 0.1) is 12.2 Å². The summed E-state index contributed by atoms with van der Waals surface area (Å²) in [5.74, 6) is 0.186. The number of nitrogens with zero attached hydrogens (tertiary/aromatic N) is 2. The van der Waals surface area contributed by atoms with Crippen molar-refractivity contribution in [2.75, 3.05) is 6.54 Å². The van der Waals surface area contributed by atoms with Crippen LogP contribution < -0.4 is 0 Å². The summed E-state index contributed by atoms with van der Waals surface area (Å²) >= 11 is 0. The van der Waals surface area contributed by atoms with Gasteiger partial charge in [-0.15, -0.1) is 0 Å². The second kappa shape index (κ2) is 2.76. The first-order chi connectivity index (χ1) is 6.18. The first-order valence-electron chi connectivity index (χ1n) is 4.19. The second-order valence-corrected chi connectivity index (χ2v) is 3.36. The average Bonchev–Trinajstić information content (AvgIpc) is 2.51. The fourth-order valence-corrected chi connectivity index (χ4v) is 1.71. The van der Waals surface area contributed by atoms with Crippen LogP contribution in [0, 0.1) is 0 Å². The van der Waals surface area contributed by atoms with Crippen LogP contribution in [0.5, 0.6) is 0 Å². The van der Waals surface area contributed by atoms with Crippen molar-refractivity contribution in [1.29, 1.82) is 0 Å². The molecular weight excluding hydrogens is 170 g/mol. The van der Waals surface area contributed by atoms with Crippen molar-refractivity contribution in [2.45, 2.75) is 19.4 Å². The third-order valence-corrected chi connectivity index (χ3v) is 2.35. The molecule has 0 aliphatic carbocycles. The number of carboxylic acid groups (broad SMARTS) is 1. The summed E-state index contributed by atoms with van der Waals surface area (Å²) < 4.78 is 0. The van der Waals surface area contributed by atoms with Gasteiger partial charge in [-0.3, -0.25) is 5.10 Å². The van der Waals surface area contributed by atoms with Crippen molar-refractivity contribution in [1.82, 2.24) is 15.1 Å². The molecule has 1 aliphatic rings. The summed E-state index contributed by atoms with van der Waals surface area (Å²) in [5, 5.41) is 15.7. The number of fused-ring (bicyclic) bond motifs is 1. The fraction of sp³-hybridized carbons (Fsp3) is 0.500. The van der Waals surface area contributed by atoms with Crippen LogP contribution in [-0.2, 0) is 6.54 Å².